The van der Waals surface area contributed by atoms with E-state index >= 15 is 0 Å². The molecule has 0 aromatic heterocycles. The Bertz CT molecular complexity index is 587. The topological polar surface area (TPSA) is 69.6 Å². The van der Waals surface area contributed by atoms with Crippen LogP contribution in [0.1, 0.15) is 44.1 Å². The van der Waals surface area contributed by atoms with E-state index in [1.54, 1.807) is 0 Å². The van der Waals surface area contributed by atoms with Gasteiger partial charge in [-0.1, -0.05) is 30.3 Å². The van der Waals surface area contributed by atoms with E-state index in [1.807, 2.05) is 6.07 Å². The van der Waals surface area contributed by atoms with E-state index in [-0.39, 0.29) is 24.5 Å². The second-order valence-electron chi connectivity index (χ2n) is 8.53. The lowest BCUT2D eigenvalue weighted by atomic mass is 9.43. The Labute approximate surface area is 149 Å². The van der Waals surface area contributed by atoms with Gasteiger partial charge in [0.15, 0.2) is 0 Å². The minimum atomic E-state index is -0.880. The number of hydrogen-bond acceptors (Lipinski definition) is 3. The van der Waals surface area contributed by atoms with Crippen LogP contribution in [0.5, 0.6) is 0 Å². The van der Waals surface area contributed by atoms with Crippen molar-refractivity contribution in [1.29, 1.82) is 0 Å². The molecule has 4 nitrogen and oxygen atoms in total. The van der Waals surface area contributed by atoms with Gasteiger partial charge in [0.05, 0.1) is 12.7 Å². The number of aliphatic hydroxyl groups excluding tert-OH is 2. The van der Waals surface area contributed by atoms with Gasteiger partial charge in [-0.25, -0.2) is 0 Å². The summed E-state index contributed by atoms with van der Waals surface area (Å²) in [5.41, 5.74) is 1.27. The molecule has 4 bridgehead atoms. The number of hydrogen-bond donors (Lipinski definition) is 3. The molecule has 4 saturated carbocycles. The molecule has 4 heteroatoms. The first kappa shape index (κ1) is 17.0. The average Bonchev–Trinajstić information content (AvgIpc) is 2.63. The Balaban J connectivity index is 1.61. The molecule has 0 spiro atoms. The van der Waals surface area contributed by atoms with Crippen LogP contribution in [0, 0.1) is 23.7 Å². The monoisotopic (exact) mass is 343 g/mol. The van der Waals surface area contributed by atoms with Gasteiger partial charge in [-0.15, -0.1) is 0 Å². The molecule has 0 saturated heterocycles. The Morgan fingerprint density at radius 2 is 1.68 bits per heavy atom. The molecule has 4 aliphatic carbocycles. The van der Waals surface area contributed by atoms with Gasteiger partial charge in [-0.3, -0.25) is 4.79 Å². The SMILES string of the molecule is O=C(CC1(c2ccccc2)C2CC3CC(C2)CC1C3)NC[C@H](O)CO. The van der Waals surface area contributed by atoms with Gasteiger partial charge < -0.3 is 15.5 Å². The van der Waals surface area contributed by atoms with Gasteiger partial charge in [0, 0.05) is 18.4 Å². The number of rotatable bonds is 6. The van der Waals surface area contributed by atoms with Crippen molar-refractivity contribution >= 4 is 5.91 Å². The molecule has 4 fully saturated rings. The van der Waals surface area contributed by atoms with Gasteiger partial charge in [0.25, 0.3) is 0 Å². The van der Waals surface area contributed by atoms with Crippen LogP contribution in [0.3, 0.4) is 0 Å². The predicted octanol–water partition coefficient (Wildman–Crippen LogP) is 2.24. The Morgan fingerprint density at radius 3 is 2.24 bits per heavy atom. The van der Waals surface area contributed by atoms with Crippen LogP contribution in [0.15, 0.2) is 30.3 Å². The number of amides is 1. The zero-order chi connectivity index (χ0) is 17.4. The normalized spacial score (nSPS) is 37.0. The highest BCUT2D eigenvalue weighted by atomic mass is 16.3. The van der Waals surface area contributed by atoms with E-state index < -0.39 is 6.10 Å². The molecule has 1 aromatic rings. The molecule has 0 unspecified atom stereocenters. The fourth-order valence-electron chi connectivity index (χ4n) is 6.26. The molecule has 0 radical (unpaired) electrons. The summed E-state index contributed by atoms with van der Waals surface area (Å²) >= 11 is 0. The summed E-state index contributed by atoms with van der Waals surface area (Å²) in [6.07, 6.45) is 6.05. The maximum atomic E-state index is 12.7. The van der Waals surface area contributed by atoms with Crippen LogP contribution in [0.2, 0.25) is 0 Å². The largest absolute Gasteiger partial charge is 0.394 e. The van der Waals surface area contributed by atoms with Crippen LogP contribution in [0.25, 0.3) is 0 Å². The fraction of sp³-hybridized carbons (Fsp3) is 0.667. The van der Waals surface area contributed by atoms with Crippen LogP contribution in [0.4, 0.5) is 0 Å². The average molecular weight is 343 g/mol. The summed E-state index contributed by atoms with van der Waals surface area (Å²) in [6.45, 7) is -0.195. The summed E-state index contributed by atoms with van der Waals surface area (Å²) in [4.78, 5) is 12.7. The number of carbonyl (C=O) groups excluding carboxylic acids is 1. The van der Waals surface area contributed by atoms with Crippen molar-refractivity contribution in [3.8, 4) is 0 Å². The first-order valence-corrected chi connectivity index (χ1v) is 9.73. The molecule has 0 heterocycles. The Hall–Kier alpha value is -1.39. The summed E-state index contributed by atoms with van der Waals surface area (Å²) in [5, 5.41) is 21.3. The van der Waals surface area contributed by atoms with E-state index in [4.69, 9.17) is 5.11 Å². The molecule has 1 aromatic carbocycles. The highest BCUT2D eigenvalue weighted by molar-refractivity contribution is 5.78. The number of aliphatic hydroxyl groups is 2. The highest BCUT2D eigenvalue weighted by Gasteiger charge is 2.58. The third-order valence-electron chi connectivity index (χ3n) is 7.10. The molecular formula is C21H29NO3. The van der Waals surface area contributed by atoms with E-state index in [0.29, 0.717) is 18.3 Å². The third-order valence-corrected chi connectivity index (χ3v) is 7.10. The summed E-state index contributed by atoms with van der Waals surface area (Å²) in [7, 11) is 0. The number of carbonyl (C=O) groups is 1. The molecule has 25 heavy (non-hydrogen) atoms. The number of nitrogens with one attached hydrogen (secondary N) is 1. The predicted molar refractivity (Wildman–Crippen MR) is 95.9 cm³/mol. The van der Waals surface area contributed by atoms with Crippen molar-refractivity contribution in [2.45, 2.75) is 50.0 Å². The second-order valence-corrected chi connectivity index (χ2v) is 8.53. The Kier molecular flexibility index (Phi) is 4.59. The van der Waals surface area contributed by atoms with Gasteiger partial charge in [-0.05, 0) is 61.3 Å². The van der Waals surface area contributed by atoms with Gasteiger partial charge >= 0.3 is 0 Å². The number of benzene rings is 1. The lowest BCUT2D eigenvalue weighted by molar-refractivity contribution is -0.129. The first-order chi connectivity index (χ1) is 12.1. The van der Waals surface area contributed by atoms with Crippen LogP contribution >= 0.6 is 0 Å². The first-order valence-electron chi connectivity index (χ1n) is 9.73. The van der Waals surface area contributed by atoms with Gasteiger partial charge in [0.2, 0.25) is 5.91 Å². The van der Waals surface area contributed by atoms with E-state index in [1.165, 1.54) is 37.7 Å². The van der Waals surface area contributed by atoms with E-state index in [2.05, 4.69) is 29.6 Å². The smallest absolute Gasteiger partial charge is 0.221 e. The lowest BCUT2D eigenvalue weighted by Gasteiger charge is -2.61. The lowest BCUT2D eigenvalue weighted by Crippen LogP contribution is -2.57. The molecule has 5 rings (SSSR count). The van der Waals surface area contributed by atoms with Crippen molar-refractivity contribution in [2.75, 3.05) is 13.2 Å². The maximum Gasteiger partial charge on any atom is 0.221 e. The van der Waals surface area contributed by atoms with Crippen molar-refractivity contribution in [2.24, 2.45) is 23.7 Å². The summed E-state index contributed by atoms with van der Waals surface area (Å²) in [5.74, 6) is 2.92. The molecular weight excluding hydrogens is 314 g/mol. The fourth-order valence-corrected chi connectivity index (χ4v) is 6.26. The zero-order valence-electron chi connectivity index (χ0n) is 14.7. The van der Waals surface area contributed by atoms with Crippen molar-refractivity contribution in [3.63, 3.8) is 0 Å². The Morgan fingerprint density at radius 1 is 1.08 bits per heavy atom. The third kappa shape index (κ3) is 3.00. The molecule has 136 valence electrons. The minimum absolute atomic E-state index is 0.00354. The van der Waals surface area contributed by atoms with Gasteiger partial charge in [-0.2, -0.15) is 0 Å². The van der Waals surface area contributed by atoms with Crippen LogP contribution in [-0.2, 0) is 10.2 Å². The second kappa shape index (κ2) is 6.73. The molecule has 4 aliphatic rings. The standard InChI is InChI=1S/C21H29NO3/c23-13-19(24)12-22-20(25)11-21(16-4-2-1-3-5-16)17-7-14-6-15(9-17)10-18(21)8-14/h1-5,14-15,17-19,23-24H,6-13H2,(H,22,25)/t14?,15?,17?,18?,19-,21?/m0/s1. The van der Waals surface area contributed by atoms with E-state index in [9.17, 15) is 9.90 Å². The molecule has 1 atom stereocenters. The van der Waals surface area contributed by atoms with E-state index in [0.717, 1.165) is 11.8 Å². The van der Waals surface area contributed by atoms with Crippen LogP contribution < -0.4 is 5.32 Å². The summed E-state index contributed by atoms with van der Waals surface area (Å²) in [6, 6.07) is 10.6. The quantitative estimate of drug-likeness (QED) is 0.742. The molecule has 3 N–H and O–H groups in total. The van der Waals surface area contributed by atoms with Crippen LogP contribution in [-0.4, -0.2) is 35.4 Å². The zero-order valence-corrected chi connectivity index (χ0v) is 14.7. The minimum Gasteiger partial charge on any atom is -0.394 e. The molecule has 1 amide bonds. The van der Waals surface area contributed by atoms with Crippen molar-refractivity contribution in [1.82, 2.24) is 5.32 Å². The molecule has 0 aliphatic heterocycles. The summed E-state index contributed by atoms with van der Waals surface area (Å²) < 4.78 is 0. The van der Waals surface area contributed by atoms with Crippen molar-refractivity contribution < 1.29 is 15.0 Å². The maximum absolute atomic E-state index is 12.7. The van der Waals surface area contributed by atoms with Gasteiger partial charge in [0.1, 0.15) is 0 Å². The highest BCUT2D eigenvalue weighted by Crippen LogP contribution is 2.64. The van der Waals surface area contributed by atoms with Crippen molar-refractivity contribution in [3.05, 3.63) is 35.9 Å².